The number of aryl methyl sites for hydroxylation is 1. The Balaban J connectivity index is 1.83. The van der Waals surface area contributed by atoms with Crippen molar-refractivity contribution in [3.63, 3.8) is 0 Å². The molecule has 3 aromatic rings. The van der Waals surface area contributed by atoms with Gasteiger partial charge in [0.2, 0.25) is 5.13 Å². The van der Waals surface area contributed by atoms with Gasteiger partial charge in [0.25, 0.3) is 5.91 Å². The van der Waals surface area contributed by atoms with Crippen molar-refractivity contribution in [2.45, 2.75) is 26.5 Å². The van der Waals surface area contributed by atoms with Crippen molar-refractivity contribution in [1.29, 1.82) is 0 Å². The van der Waals surface area contributed by atoms with E-state index in [4.69, 9.17) is 10.5 Å². The third kappa shape index (κ3) is 3.73. The van der Waals surface area contributed by atoms with E-state index in [2.05, 4.69) is 25.7 Å². The van der Waals surface area contributed by atoms with Crippen LogP contribution in [0.5, 0.6) is 0 Å². The molecule has 0 radical (unpaired) electrons. The molecule has 8 nitrogen and oxygen atoms in total. The smallest absolute Gasteiger partial charge is 0.251 e. The number of nitrogens with one attached hydrogen (secondary N) is 2. The number of anilines is 1. The summed E-state index contributed by atoms with van der Waals surface area (Å²) in [6, 6.07) is 7.13. The number of carbonyl (C=O) groups excluding carboxylic acids is 1. The second-order valence-electron chi connectivity index (χ2n) is 5.86. The third-order valence-electron chi connectivity index (χ3n) is 3.89. The number of aromatic nitrogens is 4. The third-order valence-corrected chi connectivity index (χ3v) is 4.83. The molecule has 0 fully saturated rings. The Kier molecular flexibility index (Phi) is 5.29. The normalized spacial score (nSPS) is 12.1. The Bertz CT molecular complexity index is 920. The van der Waals surface area contributed by atoms with Gasteiger partial charge in [-0.25, -0.2) is 0 Å². The Hall–Kier alpha value is -2.78. The van der Waals surface area contributed by atoms with Gasteiger partial charge < -0.3 is 15.8 Å². The number of H-pyrrole nitrogens is 1. The summed E-state index contributed by atoms with van der Waals surface area (Å²) in [4.78, 5) is 12.6. The summed E-state index contributed by atoms with van der Waals surface area (Å²) in [5, 5.41) is 18.9. The Morgan fingerprint density at radius 1 is 1.42 bits per heavy atom. The van der Waals surface area contributed by atoms with Crippen molar-refractivity contribution >= 4 is 22.4 Å². The van der Waals surface area contributed by atoms with E-state index in [0.717, 1.165) is 22.5 Å². The average Bonchev–Trinajstić information content (AvgIpc) is 3.21. The van der Waals surface area contributed by atoms with Crippen molar-refractivity contribution in [3.05, 3.63) is 46.2 Å². The molecule has 0 unspecified atom stereocenters. The molecule has 0 aliphatic rings. The van der Waals surface area contributed by atoms with E-state index in [1.54, 1.807) is 13.2 Å². The monoisotopic (exact) mass is 372 g/mol. The number of benzene rings is 1. The zero-order valence-corrected chi connectivity index (χ0v) is 15.6. The first-order chi connectivity index (χ1) is 12.5. The van der Waals surface area contributed by atoms with Crippen LogP contribution < -0.4 is 11.1 Å². The summed E-state index contributed by atoms with van der Waals surface area (Å²) in [5.41, 5.74) is 9.74. The van der Waals surface area contributed by atoms with Crippen LogP contribution in [0.4, 0.5) is 5.13 Å². The van der Waals surface area contributed by atoms with Crippen molar-refractivity contribution in [2.75, 3.05) is 12.8 Å². The van der Waals surface area contributed by atoms with Gasteiger partial charge in [0.1, 0.15) is 5.01 Å². The molecule has 2 aromatic heterocycles. The van der Waals surface area contributed by atoms with Crippen molar-refractivity contribution < 1.29 is 9.53 Å². The second-order valence-corrected chi connectivity index (χ2v) is 6.90. The summed E-state index contributed by atoms with van der Waals surface area (Å²) >= 11 is 1.26. The lowest BCUT2D eigenvalue weighted by atomic mass is 10.0. The maximum Gasteiger partial charge on any atom is 0.251 e. The minimum atomic E-state index is -0.277. The van der Waals surface area contributed by atoms with Gasteiger partial charge >= 0.3 is 0 Å². The molecular formula is C17H20N6O2S. The van der Waals surface area contributed by atoms with Crippen LogP contribution >= 0.6 is 11.3 Å². The standard InChI is InChI=1S/C17H20N6O2S/c1-9-14(13(8-25-3)21-20-9)11-5-4-6-12(7-11)15(24)19-10(2)16-22-23-17(18)26-16/h4-7,10H,8H2,1-3H3,(H2,18,23)(H,19,24)(H,20,21)/t10-/m0/s1. The molecule has 2 heterocycles. The van der Waals surface area contributed by atoms with Crippen molar-refractivity contribution in [2.24, 2.45) is 0 Å². The molecule has 1 aromatic carbocycles. The van der Waals surface area contributed by atoms with Crippen LogP contribution in [0.2, 0.25) is 0 Å². The number of rotatable bonds is 6. The SMILES string of the molecule is COCc1n[nH]c(C)c1-c1cccc(C(=O)N[C@@H](C)c2nnc(N)s2)c1. The summed E-state index contributed by atoms with van der Waals surface area (Å²) < 4.78 is 5.20. The van der Waals surface area contributed by atoms with E-state index >= 15 is 0 Å². The zero-order chi connectivity index (χ0) is 18.7. The van der Waals surface area contributed by atoms with Crippen molar-refractivity contribution in [3.8, 4) is 11.1 Å². The van der Waals surface area contributed by atoms with Crippen LogP contribution in [-0.2, 0) is 11.3 Å². The van der Waals surface area contributed by atoms with Gasteiger partial charge in [-0.05, 0) is 31.5 Å². The average molecular weight is 372 g/mol. The van der Waals surface area contributed by atoms with E-state index in [-0.39, 0.29) is 11.9 Å². The molecule has 0 aliphatic heterocycles. The van der Waals surface area contributed by atoms with Gasteiger partial charge in [0.05, 0.1) is 18.3 Å². The fourth-order valence-corrected chi connectivity index (χ4v) is 3.30. The molecule has 0 bridgehead atoms. The highest BCUT2D eigenvalue weighted by molar-refractivity contribution is 7.15. The first-order valence-electron chi connectivity index (χ1n) is 8.02. The highest BCUT2D eigenvalue weighted by Gasteiger charge is 2.17. The predicted octanol–water partition coefficient (Wildman–Crippen LogP) is 2.46. The molecule has 0 spiro atoms. The Labute approximate surface area is 154 Å². The molecule has 4 N–H and O–H groups in total. The topological polar surface area (TPSA) is 119 Å². The molecule has 0 saturated heterocycles. The molecule has 1 amide bonds. The number of methoxy groups -OCH3 is 1. The van der Waals surface area contributed by atoms with Crippen LogP contribution in [0.3, 0.4) is 0 Å². The van der Waals surface area contributed by atoms with Gasteiger partial charge in [-0.3, -0.25) is 9.89 Å². The summed E-state index contributed by atoms with van der Waals surface area (Å²) in [6.45, 7) is 4.18. The van der Waals surface area contributed by atoms with Crippen LogP contribution in [0.25, 0.3) is 11.1 Å². The lowest BCUT2D eigenvalue weighted by molar-refractivity contribution is 0.0939. The first kappa shape index (κ1) is 18.0. The Morgan fingerprint density at radius 2 is 2.23 bits per heavy atom. The number of hydrogen-bond donors (Lipinski definition) is 3. The van der Waals surface area contributed by atoms with Crippen LogP contribution in [0.15, 0.2) is 24.3 Å². The molecule has 0 aliphatic carbocycles. The number of hydrogen-bond acceptors (Lipinski definition) is 7. The molecule has 0 saturated carbocycles. The van der Waals surface area contributed by atoms with Gasteiger partial charge in [0.15, 0.2) is 0 Å². The molecule has 136 valence electrons. The van der Waals surface area contributed by atoms with E-state index < -0.39 is 0 Å². The molecule has 9 heteroatoms. The van der Waals surface area contributed by atoms with E-state index in [9.17, 15) is 4.79 Å². The number of nitrogens with zero attached hydrogens (tertiary/aromatic N) is 3. The highest BCUT2D eigenvalue weighted by atomic mass is 32.1. The quantitative estimate of drug-likeness (QED) is 0.611. The summed E-state index contributed by atoms with van der Waals surface area (Å²) in [5.74, 6) is -0.192. The lowest BCUT2D eigenvalue weighted by Crippen LogP contribution is -2.26. The van der Waals surface area contributed by atoms with Crippen LogP contribution in [-0.4, -0.2) is 33.4 Å². The maximum atomic E-state index is 12.6. The van der Waals surface area contributed by atoms with E-state index in [1.165, 1.54) is 11.3 Å². The fourth-order valence-electron chi connectivity index (χ4n) is 2.68. The van der Waals surface area contributed by atoms with Gasteiger partial charge in [0, 0.05) is 23.9 Å². The Morgan fingerprint density at radius 3 is 2.92 bits per heavy atom. The maximum absolute atomic E-state index is 12.6. The number of ether oxygens (including phenoxy) is 1. The number of carbonyl (C=O) groups is 1. The zero-order valence-electron chi connectivity index (χ0n) is 14.7. The number of nitrogens with two attached hydrogens (primary N) is 1. The van der Waals surface area contributed by atoms with Gasteiger partial charge in [-0.15, -0.1) is 10.2 Å². The first-order valence-corrected chi connectivity index (χ1v) is 8.84. The van der Waals surface area contributed by atoms with Crippen LogP contribution in [0, 0.1) is 6.92 Å². The van der Waals surface area contributed by atoms with Gasteiger partial charge in [-0.1, -0.05) is 23.5 Å². The van der Waals surface area contributed by atoms with Gasteiger partial charge in [-0.2, -0.15) is 5.10 Å². The second kappa shape index (κ2) is 7.63. The van der Waals surface area contributed by atoms with E-state index in [0.29, 0.717) is 22.3 Å². The van der Waals surface area contributed by atoms with E-state index in [1.807, 2.05) is 32.0 Å². The molecule has 3 rings (SSSR count). The molecule has 1 atom stereocenters. The minimum Gasteiger partial charge on any atom is -0.378 e. The minimum absolute atomic E-state index is 0.192. The lowest BCUT2D eigenvalue weighted by Gasteiger charge is -2.12. The predicted molar refractivity (Wildman–Crippen MR) is 99.7 cm³/mol. The fraction of sp³-hybridized carbons (Fsp3) is 0.294. The number of aromatic amines is 1. The van der Waals surface area contributed by atoms with Crippen molar-refractivity contribution in [1.82, 2.24) is 25.7 Å². The summed E-state index contributed by atoms with van der Waals surface area (Å²) in [6.07, 6.45) is 0. The number of amides is 1. The summed E-state index contributed by atoms with van der Waals surface area (Å²) in [7, 11) is 1.62. The molecule has 26 heavy (non-hydrogen) atoms. The van der Waals surface area contributed by atoms with Crippen LogP contribution in [0.1, 0.15) is 39.7 Å². The largest absolute Gasteiger partial charge is 0.378 e. The highest BCUT2D eigenvalue weighted by Crippen LogP contribution is 2.27. The number of nitrogen functional groups attached to an aromatic ring is 1. The molecular weight excluding hydrogens is 352 g/mol.